The van der Waals surface area contributed by atoms with E-state index in [1.165, 1.54) is 6.07 Å². The summed E-state index contributed by atoms with van der Waals surface area (Å²) in [6.07, 6.45) is 0.855. The first-order valence-electron chi connectivity index (χ1n) is 5.87. The van der Waals surface area contributed by atoms with Crippen molar-refractivity contribution in [1.29, 1.82) is 0 Å². The molecule has 6 heteroatoms. The summed E-state index contributed by atoms with van der Waals surface area (Å²) in [4.78, 5) is 11.7. The van der Waals surface area contributed by atoms with Gasteiger partial charge in [-0.1, -0.05) is 13.0 Å². The zero-order valence-electron chi connectivity index (χ0n) is 10.6. The van der Waals surface area contributed by atoms with Gasteiger partial charge in [0.05, 0.1) is 5.75 Å². The van der Waals surface area contributed by atoms with E-state index in [1.807, 2.05) is 6.92 Å². The zero-order chi connectivity index (χ0) is 13.6. The highest BCUT2D eigenvalue weighted by atomic mass is 32.2. The molecule has 0 aliphatic heterocycles. The van der Waals surface area contributed by atoms with Crippen LogP contribution in [-0.4, -0.2) is 26.6 Å². The number of hydrogen-bond acceptors (Lipinski definition) is 3. The average Bonchev–Trinajstić information content (AvgIpc) is 2.35. The lowest BCUT2D eigenvalue weighted by molar-refractivity contribution is 0.0953. The number of sulfonamides is 1. The Bertz CT molecular complexity index is 512. The van der Waals surface area contributed by atoms with Crippen LogP contribution in [-0.2, 0) is 10.0 Å². The van der Waals surface area contributed by atoms with Crippen molar-refractivity contribution in [1.82, 2.24) is 5.32 Å². The highest BCUT2D eigenvalue weighted by Crippen LogP contribution is 2.12. The third kappa shape index (κ3) is 4.37. The minimum Gasteiger partial charge on any atom is -0.352 e. The van der Waals surface area contributed by atoms with Crippen molar-refractivity contribution in [2.24, 2.45) is 0 Å². The van der Waals surface area contributed by atoms with Crippen molar-refractivity contribution in [2.75, 3.05) is 17.0 Å². The molecule has 0 atom stereocenters. The molecule has 0 saturated carbocycles. The lowest BCUT2D eigenvalue weighted by atomic mass is 10.2. The van der Waals surface area contributed by atoms with Crippen molar-refractivity contribution in [3.8, 4) is 0 Å². The molecule has 0 heterocycles. The minimum absolute atomic E-state index is 0.000735. The van der Waals surface area contributed by atoms with Crippen LogP contribution in [0.1, 0.15) is 30.6 Å². The van der Waals surface area contributed by atoms with E-state index in [0.29, 0.717) is 17.8 Å². The molecule has 0 aliphatic carbocycles. The van der Waals surface area contributed by atoms with Crippen LogP contribution in [0.25, 0.3) is 0 Å². The van der Waals surface area contributed by atoms with Crippen molar-refractivity contribution >= 4 is 21.6 Å². The van der Waals surface area contributed by atoms with Gasteiger partial charge in [0.25, 0.3) is 5.91 Å². The maximum Gasteiger partial charge on any atom is 0.251 e. The van der Waals surface area contributed by atoms with E-state index in [4.69, 9.17) is 0 Å². The number of rotatable bonds is 6. The molecule has 1 aromatic rings. The summed E-state index contributed by atoms with van der Waals surface area (Å²) in [6.45, 7) is 4.12. The van der Waals surface area contributed by atoms with Gasteiger partial charge in [-0.05, 0) is 31.5 Å². The molecule has 0 aromatic heterocycles. The predicted octanol–water partition coefficient (Wildman–Crippen LogP) is 1.59. The van der Waals surface area contributed by atoms with Crippen LogP contribution in [0.4, 0.5) is 5.69 Å². The Morgan fingerprint density at radius 1 is 1.28 bits per heavy atom. The van der Waals surface area contributed by atoms with Crippen LogP contribution in [0.5, 0.6) is 0 Å². The second-order valence-electron chi connectivity index (χ2n) is 3.84. The molecule has 0 unspecified atom stereocenters. The summed E-state index contributed by atoms with van der Waals surface area (Å²) in [5, 5.41) is 2.74. The second kappa shape index (κ2) is 6.39. The molecule has 0 radical (unpaired) electrons. The topological polar surface area (TPSA) is 75.3 Å². The number of benzene rings is 1. The number of nitrogens with one attached hydrogen (secondary N) is 2. The standard InChI is InChI=1S/C12H18N2O3S/c1-3-8-13-12(15)10-6-5-7-11(9-10)14-18(16,17)4-2/h5-7,9,14H,3-4,8H2,1-2H3,(H,13,15). The van der Waals surface area contributed by atoms with Crippen molar-refractivity contribution in [3.05, 3.63) is 29.8 Å². The van der Waals surface area contributed by atoms with Crippen LogP contribution >= 0.6 is 0 Å². The molecule has 0 saturated heterocycles. The minimum atomic E-state index is -3.31. The van der Waals surface area contributed by atoms with Gasteiger partial charge in [-0.25, -0.2) is 8.42 Å². The summed E-state index contributed by atoms with van der Waals surface area (Å²) >= 11 is 0. The molecular formula is C12H18N2O3S. The third-order valence-corrected chi connectivity index (χ3v) is 3.62. The smallest absolute Gasteiger partial charge is 0.251 e. The highest BCUT2D eigenvalue weighted by Gasteiger charge is 2.09. The number of carbonyl (C=O) groups excluding carboxylic acids is 1. The molecule has 0 fully saturated rings. The van der Waals surface area contributed by atoms with Gasteiger partial charge in [0.15, 0.2) is 0 Å². The molecule has 1 rings (SSSR count). The fourth-order valence-electron chi connectivity index (χ4n) is 1.32. The number of hydrogen-bond donors (Lipinski definition) is 2. The van der Waals surface area contributed by atoms with Gasteiger partial charge in [0.2, 0.25) is 10.0 Å². The Hall–Kier alpha value is -1.56. The molecule has 0 spiro atoms. The van der Waals surface area contributed by atoms with Gasteiger partial charge < -0.3 is 5.32 Å². The summed E-state index contributed by atoms with van der Waals surface area (Å²) in [5.74, 6) is -0.200. The molecule has 0 bridgehead atoms. The Balaban J connectivity index is 2.83. The summed E-state index contributed by atoms with van der Waals surface area (Å²) in [5.41, 5.74) is 0.848. The van der Waals surface area contributed by atoms with E-state index < -0.39 is 10.0 Å². The van der Waals surface area contributed by atoms with E-state index in [0.717, 1.165) is 6.42 Å². The Kier molecular flexibility index (Phi) is 5.15. The molecule has 1 amide bonds. The largest absolute Gasteiger partial charge is 0.352 e. The van der Waals surface area contributed by atoms with Crippen LogP contribution in [0.3, 0.4) is 0 Å². The monoisotopic (exact) mass is 270 g/mol. The van der Waals surface area contributed by atoms with Gasteiger partial charge in [-0.2, -0.15) is 0 Å². The van der Waals surface area contributed by atoms with E-state index >= 15 is 0 Å². The first kappa shape index (κ1) is 14.5. The first-order valence-corrected chi connectivity index (χ1v) is 7.52. The van der Waals surface area contributed by atoms with Gasteiger partial charge in [0, 0.05) is 17.8 Å². The van der Waals surface area contributed by atoms with Crippen LogP contribution in [0.2, 0.25) is 0 Å². The van der Waals surface area contributed by atoms with Crippen molar-refractivity contribution in [2.45, 2.75) is 20.3 Å². The van der Waals surface area contributed by atoms with Crippen molar-refractivity contribution in [3.63, 3.8) is 0 Å². The SMILES string of the molecule is CCCNC(=O)c1cccc(NS(=O)(=O)CC)c1. The maximum atomic E-state index is 11.7. The molecular weight excluding hydrogens is 252 g/mol. The Morgan fingerprint density at radius 3 is 2.61 bits per heavy atom. The lowest BCUT2D eigenvalue weighted by Crippen LogP contribution is -2.24. The molecule has 2 N–H and O–H groups in total. The van der Waals surface area contributed by atoms with Crippen LogP contribution < -0.4 is 10.0 Å². The number of carbonyl (C=O) groups is 1. The predicted molar refractivity (Wildman–Crippen MR) is 72.1 cm³/mol. The summed E-state index contributed by atoms with van der Waals surface area (Å²) in [7, 11) is -3.31. The van der Waals surface area contributed by atoms with E-state index in [9.17, 15) is 13.2 Å². The van der Waals surface area contributed by atoms with Gasteiger partial charge >= 0.3 is 0 Å². The van der Waals surface area contributed by atoms with Gasteiger partial charge in [-0.3, -0.25) is 9.52 Å². The van der Waals surface area contributed by atoms with E-state index in [2.05, 4.69) is 10.0 Å². The molecule has 0 aliphatic rings. The zero-order valence-corrected chi connectivity index (χ0v) is 11.4. The van der Waals surface area contributed by atoms with Crippen LogP contribution in [0, 0.1) is 0 Å². The highest BCUT2D eigenvalue weighted by molar-refractivity contribution is 7.92. The molecule has 100 valence electrons. The average molecular weight is 270 g/mol. The third-order valence-electron chi connectivity index (χ3n) is 2.31. The number of anilines is 1. The quantitative estimate of drug-likeness (QED) is 0.824. The van der Waals surface area contributed by atoms with Gasteiger partial charge in [-0.15, -0.1) is 0 Å². The fraction of sp³-hybridized carbons (Fsp3) is 0.417. The van der Waals surface area contributed by atoms with Gasteiger partial charge in [0.1, 0.15) is 0 Å². The number of amides is 1. The Morgan fingerprint density at radius 2 is 2.00 bits per heavy atom. The van der Waals surface area contributed by atoms with Crippen molar-refractivity contribution < 1.29 is 13.2 Å². The van der Waals surface area contributed by atoms with Crippen LogP contribution in [0.15, 0.2) is 24.3 Å². The summed E-state index contributed by atoms with van der Waals surface area (Å²) < 4.78 is 25.2. The fourth-order valence-corrected chi connectivity index (χ4v) is 1.95. The lowest BCUT2D eigenvalue weighted by Gasteiger charge is -2.08. The summed E-state index contributed by atoms with van der Waals surface area (Å²) in [6, 6.07) is 6.44. The molecule has 18 heavy (non-hydrogen) atoms. The van der Waals surface area contributed by atoms with E-state index in [-0.39, 0.29) is 11.7 Å². The van der Waals surface area contributed by atoms with E-state index in [1.54, 1.807) is 25.1 Å². The molecule has 5 nitrogen and oxygen atoms in total. The second-order valence-corrected chi connectivity index (χ2v) is 5.85. The Labute approximate surface area is 108 Å². The maximum absolute atomic E-state index is 11.7. The normalized spacial score (nSPS) is 11.0. The molecule has 1 aromatic carbocycles. The first-order chi connectivity index (χ1) is 8.48.